The highest BCUT2D eigenvalue weighted by atomic mass is 79.9. The van der Waals surface area contributed by atoms with Gasteiger partial charge < -0.3 is 15.2 Å². The molecule has 2 unspecified atom stereocenters. The third-order valence-electron chi connectivity index (χ3n) is 4.85. The van der Waals surface area contributed by atoms with Crippen LogP contribution in [0.5, 0.6) is 11.5 Å². The van der Waals surface area contributed by atoms with E-state index in [1.54, 1.807) is 31.4 Å². The number of benzene rings is 2. The van der Waals surface area contributed by atoms with Gasteiger partial charge in [0.2, 0.25) is 0 Å². The molecule has 158 valence electrons. The molecular formula is C23H22BrN5O2. The molecule has 8 heteroatoms. The number of rotatable bonds is 5. The second kappa shape index (κ2) is 10.2. The monoisotopic (exact) mass is 479 g/mol. The van der Waals surface area contributed by atoms with E-state index in [9.17, 15) is 0 Å². The molecule has 1 aliphatic rings. The first-order valence-electron chi connectivity index (χ1n) is 9.79. The minimum atomic E-state index is -0.323. The van der Waals surface area contributed by atoms with E-state index in [-0.39, 0.29) is 12.0 Å². The summed E-state index contributed by atoms with van der Waals surface area (Å²) in [6.45, 7) is 2.00. The van der Waals surface area contributed by atoms with Crippen molar-refractivity contribution in [1.82, 2.24) is 0 Å². The van der Waals surface area contributed by atoms with E-state index in [1.807, 2.05) is 19.1 Å². The van der Waals surface area contributed by atoms with Gasteiger partial charge in [0.25, 0.3) is 0 Å². The van der Waals surface area contributed by atoms with Crippen molar-refractivity contribution < 1.29 is 9.47 Å². The molecule has 2 atom stereocenters. The van der Waals surface area contributed by atoms with Gasteiger partial charge in [-0.2, -0.15) is 15.5 Å². The van der Waals surface area contributed by atoms with E-state index < -0.39 is 0 Å². The van der Waals surface area contributed by atoms with E-state index in [0.717, 1.165) is 10.0 Å². The van der Waals surface area contributed by atoms with Crippen molar-refractivity contribution in [3.8, 4) is 23.6 Å². The predicted octanol–water partition coefficient (Wildman–Crippen LogP) is 4.66. The minimum Gasteiger partial charge on any atom is -0.493 e. The van der Waals surface area contributed by atoms with Crippen molar-refractivity contribution in [2.45, 2.75) is 32.2 Å². The van der Waals surface area contributed by atoms with Gasteiger partial charge >= 0.3 is 0 Å². The Balaban J connectivity index is 1.92. The van der Waals surface area contributed by atoms with Gasteiger partial charge in [-0.15, -0.1) is 0 Å². The molecule has 0 spiro atoms. The summed E-state index contributed by atoms with van der Waals surface area (Å²) >= 11 is 3.55. The van der Waals surface area contributed by atoms with Crippen LogP contribution in [0.2, 0.25) is 0 Å². The van der Waals surface area contributed by atoms with Crippen LogP contribution < -0.4 is 15.2 Å². The number of nitriles is 2. The molecule has 0 bridgehead atoms. The highest BCUT2D eigenvalue weighted by Gasteiger charge is 2.28. The molecule has 2 aromatic rings. The zero-order valence-electron chi connectivity index (χ0n) is 17.3. The molecule has 1 aliphatic heterocycles. The number of ether oxygens (including phenoxy) is 2. The van der Waals surface area contributed by atoms with Crippen LogP contribution in [0.25, 0.3) is 0 Å². The number of halogens is 1. The fourth-order valence-corrected chi connectivity index (χ4v) is 3.76. The van der Waals surface area contributed by atoms with Crippen molar-refractivity contribution in [2.24, 2.45) is 21.6 Å². The molecule has 0 amide bonds. The lowest BCUT2D eigenvalue weighted by molar-refractivity contribution is 0.380. The predicted molar refractivity (Wildman–Crippen MR) is 123 cm³/mol. The summed E-state index contributed by atoms with van der Waals surface area (Å²) in [6, 6.07) is 14.6. The zero-order valence-corrected chi connectivity index (χ0v) is 18.9. The summed E-state index contributed by atoms with van der Waals surface area (Å²) in [5.41, 5.74) is 8.48. The Hall–Kier alpha value is -3.20. The van der Waals surface area contributed by atoms with Crippen LogP contribution in [0.15, 0.2) is 50.9 Å². The molecule has 0 aromatic heterocycles. The van der Waals surface area contributed by atoms with E-state index in [2.05, 4.69) is 38.1 Å². The van der Waals surface area contributed by atoms with Gasteiger partial charge in [0.1, 0.15) is 5.84 Å². The van der Waals surface area contributed by atoms with Crippen molar-refractivity contribution in [2.75, 3.05) is 7.11 Å². The van der Waals surface area contributed by atoms with Crippen molar-refractivity contribution in [3.63, 3.8) is 0 Å². The molecular weight excluding hydrogens is 458 g/mol. The van der Waals surface area contributed by atoms with Crippen molar-refractivity contribution >= 4 is 33.4 Å². The quantitative estimate of drug-likeness (QED) is 0.668. The summed E-state index contributed by atoms with van der Waals surface area (Å²) in [5, 5.41) is 17.8. The second-order valence-electron chi connectivity index (χ2n) is 7.19. The lowest BCUT2D eigenvalue weighted by Crippen LogP contribution is -2.39. The fraction of sp³-hybridized carbons (Fsp3) is 0.304. The normalized spacial score (nSPS) is 19.3. The molecule has 0 fully saturated rings. The first-order valence-corrected chi connectivity index (χ1v) is 10.6. The second-order valence-corrected chi connectivity index (χ2v) is 8.05. The Morgan fingerprint density at radius 1 is 1.26 bits per heavy atom. The lowest BCUT2D eigenvalue weighted by atomic mass is 9.98. The summed E-state index contributed by atoms with van der Waals surface area (Å²) in [6.07, 6.45) is 1.68. The lowest BCUT2D eigenvalue weighted by Gasteiger charge is -2.25. The van der Waals surface area contributed by atoms with Crippen LogP contribution in [-0.2, 0) is 6.42 Å². The maximum absolute atomic E-state index is 8.95. The van der Waals surface area contributed by atoms with E-state index in [0.29, 0.717) is 53.7 Å². The molecule has 0 radical (unpaired) electrons. The smallest absolute Gasteiger partial charge is 0.199 e. The first kappa shape index (κ1) is 22.5. The number of hydrogen-bond donors (Lipinski definition) is 1. The first-order chi connectivity index (χ1) is 14.9. The van der Waals surface area contributed by atoms with Gasteiger partial charge in [-0.05, 0) is 70.7 Å². The summed E-state index contributed by atoms with van der Waals surface area (Å²) in [7, 11) is 1.57. The number of aliphatic imine (C=N–C) groups is 2. The Kier molecular flexibility index (Phi) is 7.41. The molecule has 0 saturated heterocycles. The van der Waals surface area contributed by atoms with Gasteiger partial charge in [-0.1, -0.05) is 6.92 Å². The Labute approximate surface area is 190 Å². The third-order valence-corrected chi connectivity index (χ3v) is 5.44. The number of aryl methyl sites for hydroxylation is 1. The van der Waals surface area contributed by atoms with Gasteiger partial charge in [0.05, 0.1) is 41.0 Å². The summed E-state index contributed by atoms with van der Waals surface area (Å²) in [5.74, 6) is 2.03. The van der Waals surface area contributed by atoms with Gasteiger partial charge in [-0.3, -0.25) is 0 Å². The topological polar surface area (TPSA) is 117 Å². The summed E-state index contributed by atoms with van der Waals surface area (Å²) < 4.78 is 12.4. The molecule has 2 aromatic carbocycles. The van der Waals surface area contributed by atoms with Crippen molar-refractivity contribution in [3.05, 3.63) is 52.0 Å². The molecule has 2 N–H and O–H groups in total. The summed E-state index contributed by atoms with van der Waals surface area (Å²) in [4.78, 5) is 9.16. The number of nitrogens with zero attached hydrogens (tertiary/aromatic N) is 4. The Morgan fingerprint density at radius 3 is 2.65 bits per heavy atom. The number of methoxy groups -OCH3 is 1. The number of nitrogens with two attached hydrogens (primary N) is 1. The van der Waals surface area contributed by atoms with Crippen LogP contribution in [-0.4, -0.2) is 24.9 Å². The average Bonchev–Trinajstić information content (AvgIpc) is 2.77. The molecule has 1 heterocycles. The average molecular weight is 480 g/mol. The van der Waals surface area contributed by atoms with Crippen molar-refractivity contribution in [1.29, 1.82) is 10.5 Å². The Morgan fingerprint density at radius 2 is 2.00 bits per heavy atom. The maximum atomic E-state index is 8.95. The van der Waals surface area contributed by atoms with Crippen LogP contribution >= 0.6 is 15.9 Å². The SMILES string of the molecule is COc1cc(CCC#N)cc(Br)c1OC1=NC(=Nc2ccc(C#N)cc2)C(N)CC1C. The maximum Gasteiger partial charge on any atom is 0.199 e. The molecule has 0 saturated carbocycles. The van der Waals surface area contributed by atoms with Gasteiger partial charge in [-0.25, -0.2) is 4.99 Å². The third kappa shape index (κ3) is 5.49. The van der Waals surface area contributed by atoms with E-state index >= 15 is 0 Å². The molecule has 7 nitrogen and oxygen atoms in total. The van der Waals surface area contributed by atoms with Crippen LogP contribution in [0.3, 0.4) is 0 Å². The zero-order chi connectivity index (χ0) is 22.4. The van der Waals surface area contributed by atoms with Crippen LogP contribution in [0, 0.1) is 28.6 Å². The van der Waals surface area contributed by atoms with Crippen LogP contribution in [0.1, 0.15) is 30.9 Å². The number of amidine groups is 1. The fourth-order valence-electron chi connectivity index (χ4n) is 3.19. The highest BCUT2D eigenvalue weighted by Crippen LogP contribution is 2.38. The minimum absolute atomic E-state index is 0.00946. The largest absolute Gasteiger partial charge is 0.493 e. The van der Waals surface area contributed by atoms with Gasteiger partial charge in [0, 0.05) is 12.3 Å². The van der Waals surface area contributed by atoms with Crippen LogP contribution in [0.4, 0.5) is 5.69 Å². The standard InChI is InChI=1S/C23H22BrN5O2/c1-14-10-19(27)22(28-17-7-5-15(13-26)6-8-17)29-23(14)31-21-18(24)11-16(4-3-9-25)12-20(21)30-2/h5-8,11-12,14,19H,3-4,10,27H2,1-2H3. The Bertz CT molecular complexity index is 1100. The van der Waals surface area contributed by atoms with E-state index in [4.69, 9.17) is 25.7 Å². The van der Waals surface area contributed by atoms with Gasteiger partial charge in [0.15, 0.2) is 17.4 Å². The van der Waals surface area contributed by atoms with E-state index in [1.165, 1.54) is 0 Å². The number of hydrogen-bond acceptors (Lipinski definition) is 6. The molecule has 0 aliphatic carbocycles. The highest BCUT2D eigenvalue weighted by molar-refractivity contribution is 9.10. The molecule has 31 heavy (non-hydrogen) atoms. The molecule has 3 rings (SSSR count).